The van der Waals surface area contributed by atoms with Crippen molar-refractivity contribution in [1.29, 1.82) is 0 Å². The number of aryl methyl sites for hydroxylation is 1. The van der Waals surface area contributed by atoms with Crippen molar-refractivity contribution in [3.8, 4) is 23.0 Å². The Morgan fingerprint density at radius 2 is 2.00 bits per heavy atom. The Hall–Kier alpha value is -2.74. The number of carbonyl (C=O) groups is 1. The number of ketones is 1. The number of benzene rings is 1. The fourth-order valence-corrected chi connectivity index (χ4v) is 4.16. The van der Waals surface area contributed by atoms with Crippen molar-refractivity contribution in [1.82, 2.24) is 14.8 Å². The highest BCUT2D eigenvalue weighted by Gasteiger charge is 2.28. The van der Waals surface area contributed by atoms with Crippen LogP contribution in [0.25, 0.3) is 11.5 Å². The molecule has 0 bridgehead atoms. The Morgan fingerprint density at radius 1 is 1.21 bits per heavy atom. The molecule has 1 aliphatic rings. The highest BCUT2D eigenvalue weighted by Crippen LogP contribution is 2.39. The van der Waals surface area contributed by atoms with Gasteiger partial charge in [0.15, 0.2) is 5.78 Å². The molecule has 7 nitrogen and oxygen atoms in total. The fourth-order valence-electron chi connectivity index (χ4n) is 3.51. The van der Waals surface area contributed by atoms with Gasteiger partial charge in [-0.3, -0.25) is 4.79 Å². The molecule has 0 saturated heterocycles. The molecule has 0 N–H and O–H groups in total. The SMILES string of the molecule is COc1ccc(-c2nnc(SCC(=O)c3cc(C)n(C4CC4)c3C)o2)c(OC)c1. The third kappa shape index (κ3) is 3.89. The maximum absolute atomic E-state index is 12.7. The highest BCUT2D eigenvalue weighted by molar-refractivity contribution is 7.99. The number of ether oxygens (including phenoxy) is 2. The Balaban J connectivity index is 1.46. The molecule has 1 saturated carbocycles. The Morgan fingerprint density at radius 3 is 2.69 bits per heavy atom. The molecule has 2 heterocycles. The number of carbonyl (C=O) groups excluding carboxylic acids is 1. The van der Waals surface area contributed by atoms with Crippen molar-refractivity contribution in [2.75, 3.05) is 20.0 Å². The van der Waals surface area contributed by atoms with Gasteiger partial charge in [0.1, 0.15) is 11.5 Å². The molecular formula is C21H23N3O4S. The van der Waals surface area contributed by atoms with Gasteiger partial charge in [0, 0.05) is 29.1 Å². The van der Waals surface area contributed by atoms with Gasteiger partial charge in [0.2, 0.25) is 0 Å². The number of Topliss-reactive ketones (excluding diaryl/α,β-unsaturated/α-hetero) is 1. The monoisotopic (exact) mass is 413 g/mol. The highest BCUT2D eigenvalue weighted by atomic mass is 32.2. The van der Waals surface area contributed by atoms with Crippen LogP contribution in [-0.2, 0) is 0 Å². The number of hydrogen-bond donors (Lipinski definition) is 0. The number of nitrogens with zero attached hydrogens (tertiary/aromatic N) is 3. The molecule has 1 aliphatic carbocycles. The van der Waals surface area contributed by atoms with E-state index in [0.717, 1.165) is 17.0 Å². The van der Waals surface area contributed by atoms with E-state index in [1.54, 1.807) is 32.4 Å². The number of aromatic nitrogens is 3. The van der Waals surface area contributed by atoms with Crippen molar-refractivity contribution >= 4 is 17.5 Å². The first-order chi connectivity index (χ1) is 14.0. The van der Waals surface area contributed by atoms with Crippen LogP contribution in [0.5, 0.6) is 11.5 Å². The Bertz CT molecular complexity index is 1050. The van der Waals surface area contributed by atoms with Crippen molar-refractivity contribution in [2.45, 2.75) is 38.0 Å². The molecular weight excluding hydrogens is 390 g/mol. The second kappa shape index (κ2) is 7.94. The van der Waals surface area contributed by atoms with E-state index in [0.29, 0.717) is 34.2 Å². The zero-order valence-corrected chi connectivity index (χ0v) is 17.7. The van der Waals surface area contributed by atoms with E-state index in [2.05, 4.69) is 21.7 Å². The summed E-state index contributed by atoms with van der Waals surface area (Å²) >= 11 is 1.24. The third-order valence-corrected chi connectivity index (χ3v) is 5.89. The first-order valence-corrected chi connectivity index (χ1v) is 10.4. The van der Waals surface area contributed by atoms with E-state index in [1.807, 2.05) is 13.0 Å². The summed E-state index contributed by atoms with van der Waals surface area (Å²) in [5.41, 5.74) is 3.64. The lowest BCUT2D eigenvalue weighted by atomic mass is 10.2. The van der Waals surface area contributed by atoms with Crippen LogP contribution in [0.15, 0.2) is 33.9 Å². The molecule has 0 unspecified atom stereocenters. The van der Waals surface area contributed by atoms with Gasteiger partial charge < -0.3 is 18.5 Å². The average Bonchev–Trinajstić information content (AvgIpc) is 3.36. The van der Waals surface area contributed by atoms with Gasteiger partial charge in [-0.15, -0.1) is 10.2 Å². The number of rotatable bonds is 8. The van der Waals surface area contributed by atoms with E-state index >= 15 is 0 Å². The molecule has 2 aromatic heterocycles. The maximum atomic E-state index is 12.7. The molecule has 0 spiro atoms. The van der Waals surface area contributed by atoms with E-state index < -0.39 is 0 Å². The van der Waals surface area contributed by atoms with Gasteiger partial charge in [0.25, 0.3) is 11.1 Å². The molecule has 4 rings (SSSR count). The van der Waals surface area contributed by atoms with E-state index in [4.69, 9.17) is 13.9 Å². The van der Waals surface area contributed by atoms with E-state index in [-0.39, 0.29) is 11.5 Å². The molecule has 1 fully saturated rings. The van der Waals surface area contributed by atoms with Crippen molar-refractivity contribution < 1.29 is 18.7 Å². The smallest absolute Gasteiger partial charge is 0.277 e. The van der Waals surface area contributed by atoms with Crippen LogP contribution in [0.1, 0.15) is 40.6 Å². The summed E-state index contributed by atoms with van der Waals surface area (Å²) < 4.78 is 18.6. The average molecular weight is 413 g/mol. The molecule has 0 amide bonds. The second-order valence-corrected chi connectivity index (χ2v) is 7.96. The van der Waals surface area contributed by atoms with Gasteiger partial charge in [-0.05, 0) is 44.9 Å². The first-order valence-electron chi connectivity index (χ1n) is 9.42. The van der Waals surface area contributed by atoms with Crippen LogP contribution in [0.3, 0.4) is 0 Å². The van der Waals surface area contributed by atoms with Crippen molar-refractivity contribution in [2.24, 2.45) is 0 Å². The minimum Gasteiger partial charge on any atom is -0.497 e. The Labute approximate surface area is 173 Å². The van der Waals surface area contributed by atoms with E-state index in [1.165, 1.54) is 24.6 Å². The summed E-state index contributed by atoms with van der Waals surface area (Å²) in [5.74, 6) is 1.90. The summed E-state index contributed by atoms with van der Waals surface area (Å²) in [6, 6.07) is 7.90. The van der Waals surface area contributed by atoms with Gasteiger partial charge in [-0.25, -0.2) is 0 Å². The minimum absolute atomic E-state index is 0.0665. The predicted octanol–water partition coefficient (Wildman–Crippen LogP) is 4.48. The molecule has 29 heavy (non-hydrogen) atoms. The first kappa shape index (κ1) is 19.6. The zero-order valence-electron chi connectivity index (χ0n) is 16.9. The standard InChI is InChI=1S/C21H23N3O4S/c1-12-9-17(13(2)24(12)14-5-6-14)18(25)11-29-21-23-22-20(28-21)16-8-7-15(26-3)10-19(16)27-4/h7-10,14H,5-6,11H2,1-4H3. The van der Waals surface area contributed by atoms with Crippen LogP contribution in [0.4, 0.5) is 0 Å². The minimum atomic E-state index is 0.0665. The number of thioether (sulfide) groups is 1. The molecule has 3 aromatic rings. The van der Waals surface area contributed by atoms with Crippen LogP contribution in [0.2, 0.25) is 0 Å². The topological polar surface area (TPSA) is 79.4 Å². The lowest BCUT2D eigenvalue weighted by molar-refractivity contribution is 0.102. The molecule has 8 heteroatoms. The molecule has 1 aromatic carbocycles. The maximum Gasteiger partial charge on any atom is 0.277 e. The van der Waals surface area contributed by atoms with Crippen molar-refractivity contribution in [3.63, 3.8) is 0 Å². The lowest BCUT2D eigenvalue weighted by Gasteiger charge is -2.07. The Kier molecular flexibility index (Phi) is 5.36. The van der Waals surface area contributed by atoms with Crippen LogP contribution in [-0.4, -0.2) is 40.5 Å². The molecule has 0 aliphatic heterocycles. The summed E-state index contributed by atoms with van der Waals surface area (Å²) in [6.07, 6.45) is 2.39. The van der Waals surface area contributed by atoms with Crippen LogP contribution >= 0.6 is 11.8 Å². The molecule has 0 atom stereocenters. The third-order valence-electron chi connectivity index (χ3n) is 5.07. The van der Waals surface area contributed by atoms with Gasteiger partial charge in [0.05, 0.1) is 25.5 Å². The van der Waals surface area contributed by atoms with Gasteiger partial charge in [-0.2, -0.15) is 0 Å². The fraction of sp³-hybridized carbons (Fsp3) is 0.381. The molecule has 152 valence electrons. The quantitative estimate of drug-likeness (QED) is 0.398. The van der Waals surface area contributed by atoms with E-state index in [9.17, 15) is 4.79 Å². The van der Waals surface area contributed by atoms with Gasteiger partial charge >= 0.3 is 0 Å². The lowest BCUT2D eigenvalue weighted by Crippen LogP contribution is -2.05. The van der Waals surface area contributed by atoms with Crippen LogP contribution < -0.4 is 9.47 Å². The summed E-state index contributed by atoms with van der Waals surface area (Å²) in [7, 11) is 3.16. The number of methoxy groups -OCH3 is 2. The summed E-state index contributed by atoms with van der Waals surface area (Å²) in [6.45, 7) is 4.08. The predicted molar refractivity (Wildman–Crippen MR) is 110 cm³/mol. The second-order valence-electron chi connectivity index (χ2n) is 7.04. The van der Waals surface area contributed by atoms with Crippen molar-refractivity contribution in [3.05, 3.63) is 41.2 Å². The summed E-state index contributed by atoms with van der Waals surface area (Å²) in [5, 5.41) is 8.51. The number of hydrogen-bond acceptors (Lipinski definition) is 7. The summed E-state index contributed by atoms with van der Waals surface area (Å²) in [4.78, 5) is 12.7. The zero-order chi connectivity index (χ0) is 20.5. The molecule has 0 radical (unpaired) electrons. The largest absolute Gasteiger partial charge is 0.497 e. The van der Waals surface area contributed by atoms with Crippen LogP contribution in [0, 0.1) is 13.8 Å². The van der Waals surface area contributed by atoms with Gasteiger partial charge in [-0.1, -0.05) is 11.8 Å². The normalized spacial score (nSPS) is 13.5.